The summed E-state index contributed by atoms with van der Waals surface area (Å²) in [5.74, 6) is 1.27. The Balaban J connectivity index is 1.38. The van der Waals surface area contributed by atoms with Gasteiger partial charge in [-0.15, -0.1) is 0 Å². The monoisotopic (exact) mass is 434 g/mol. The number of amides is 1. The molecule has 7 heteroatoms. The molecule has 0 bridgehead atoms. The fourth-order valence-electron chi connectivity index (χ4n) is 4.14. The van der Waals surface area contributed by atoms with Crippen LogP contribution in [0.25, 0.3) is 0 Å². The number of carbonyl (C=O) groups is 1. The van der Waals surface area contributed by atoms with Gasteiger partial charge in [0, 0.05) is 24.6 Å². The average molecular weight is 435 g/mol. The summed E-state index contributed by atoms with van der Waals surface area (Å²) in [5.41, 5.74) is 1.02. The van der Waals surface area contributed by atoms with Crippen molar-refractivity contribution in [2.75, 3.05) is 20.2 Å². The van der Waals surface area contributed by atoms with Crippen molar-refractivity contribution >= 4 is 5.91 Å². The van der Waals surface area contributed by atoms with Crippen molar-refractivity contribution in [1.82, 2.24) is 10.6 Å². The number of nitrogens with one attached hydrogen (secondary N) is 2. The van der Waals surface area contributed by atoms with Crippen molar-refractivity contribution in [3.63, 3.8) is 0 Å². The number of halogens is 3. The molecule has 1 saturated carbocycles. The molecule has 1 aliphatic rings. The van der Waals surface area contributed by atoms with Crippen molar-refractivity contribution in [3.05, 3.63) is 65.2 Å². The first-order valence-electron chi connectivity index (χ1n) is 10.6. The Hall–Kier alpha value is -2.54. The fraction of sp³-hybridized carbons (Fsp3) is 0.458. The number of carbonyl (C=O) groups excluding carboxylic acids is 1. The van der Waals surface area contributed by atoms with Gasteiger partial charge >= 0.3 is 6.18 Å². The molecule has 0 aliphatic heterocycles. The van der Waals surface area contributed by atoms with E-state index in [1.165, 1.54) is 6.07 Å². The highest BCUT2D eigenvalue weighted by Crippen LogP contribution is 2.31. The summed E-state index contributed by atoms with van der Waals surface area (Å²) in [4.78, 5) is 12.5. The minimum Gasteiger partial charge on any atom is -0.496 e. The van der Waals surface area contributed by atoms with Crippen LogP contribution >= 0.6 is 0 Å². The van der Waals surface area contributed by atoms with Crippen LogP contribution < -0.4 is 15.4 Å². The van der Waals surface area contributed by atoms with Crippen LogP contribution in [-0.2, 0) is 23.9 Å². The maximum absolute atomic E-state index is 12.8. The standard InChI is InChI=1S/C24H29F3N2O2/c1-31-22-8-3-2-6-20(22)16-28-15-18-9-10-19(13-18)23(30)29-12-11-17-5-4-7-21(14-17)24(25,26)27/h2-8,14,18-19,28H,9-13,15-16H2,1H3,(H,29,30)/t18?,19-/m0/s1. The van der Waals surface area contributed by atoms with Gasteiger partial charge in [-0.25, -0.2) is 0 Å². The van der Waals surface area contributed by atoms with Crippen molar-refractivity contribution in [2.45, 2.75) is 38.4 Å². The van der Waals surface area contributed by atoms with Gasteiger partial charge in [0.05, 0.1) is 12.7 Å². The number of ether oxygens (including phenoxy) is 1. The quantitative estimate of drug-likeness (QED) is 0.608. The van der Waals surface area contributed by atoms with Gasteiger partial charge in [-0.3, -0.25) is 4.79 Å². The maximum Gasteiger partial charge on any atom is 0.416 e. The SMILES string of the molecule is COc1ccccc1CNCC1CC[C@H](C(=O)NCCc2cccc(C(F)(F)F)c2)C1. The lowest BCUT2D eigenvalue weighted by molar-refractivity contribution is -0.137. The topological polar surface area (TPSA) is 50.4 Å². The minimum absolute atomic E-state index is 0.000736. The summed E-state index contributed by atoms with van der Waals surface area (Å²) in [6, 6.07) is 13.1. The number of hydrogen-bond acceptors (Lipinski definition) is 3. The molecular weight excluding hydrogens is 405 g/mol. The molecule has 0 radical (unpaired) electrons. The third-order valence-corrected chi connectivity index (χ3v) is 5.82. The first-order chi connectivity index (χ1) is 14.9. The Morgan fingerprint density at radius 3 is 2.71 bits per heavy atom. The molecule has 0 aromatic heterocycles. The van der Waals surface area contributed by atoms with Gasteiger partial charge in [0.1, 0.15) is 5.75 Å². The first kappa shape index (κ1) is 23.1. The number of benzene rings is 2. The Kier molecular flexibility index (Phi) is 7.96. The predicted molar refractivity (Wildman–Crippen MR) is 114 cm³/mol. The van der Waals surface area contributed by atoms with Gasteiger partial charge in [-0.1, -0.05) is 36.4 Å². The van der Waals surface area contributed by atoms with Gasteiger partial charge in [0.2, 0.25) is 5.91 Å². The van der Waals surface area contributed by atoms with E-state index in [0.717, 1.165) is 49.3 Å². The molecule has 168 valence electrons. The molecule has 0 spiro atoms. The Bertz CT molecular complexity index is 870. The highest BCUT2D eigenvalue weighted by Gasteiger charge is 2.31. The first-order valence-corrected chi connectivity index (χ1v) is 10.6. The molecule has 2 aromatic rings. The van der Waals surface area contributed by atoms with E-state index in [-0.39, 0.29) is 11.8 Å². The lowest BCUT2D eigenvalue weighted by atomic mass is 10.0. The van der Waals surface area contributed by atoms with Crippen LogP contribution in [0.15, 0.2) is 48.5 Å². The number of alkyl halides is 3. The zero-order chi connectivity index (χ0) is 22.3. The van der Waals surface area contributed by atoms with Crippen molar-refractivity contribution in [1.29, 1.82) is 0 Å². The normalized spacial score (nSPS) is 18.7. The van der Waals surface area contributed by atoms with Crippen LogP contribution in [0, 0.1) is 11.8 Å². The van der Waals surface area contributed by atoms with E-state index in [9.17, 15) is 18.0 Å². The van der Waals surface area contributed by atoms with Crippen LogP contribution in [-0.4, -0.2) is 26.1 Å². The van der Waals surface area contributed by atoms with Gasteiger partial charge in [0.15, 0.2) is 0 Å². The number of methoxy groups -OCH3 is 1. The average Bonchev–Trinajstić information content (AvgIpc) is 3.23. The third-order valence-electron chi connectivity index (χ3n) is 5.82. The molecule has 1 amide bonds. The molecule has 3 rings (SSSR count). The highest BCUT2D eigenvalue weighted by atomic mass is 19.4. The fourth-order valence-corrected chi connectivity index (χ4v) is 4.14. The van der Waals surface area contributed by atoms with Gasteiger partial charge in [-0.2, -0.15) is 13.2 Å². The highest BCUT2D eigenvalue weighted by molar-refractivity contribution is 5.78. The molecule has 4 nitrogen and oxygen atoms in total. The molecular formula is C24H29F3N2O2. The number of para-hydroxylation sites is 1. The Labute approximate surface area is 181 Å². The molecule has 0 heterocycles. The summed E-state index contributed by atoms with van der Waals surface area (Å²) < 4.78 is 43.8. The minimum atomic E-state index is -4.35. The predicted octanol–water partition coefficient (Wildman–Crippen LogP) is 4.58. The van der Waals surface area contributed by atoms with Crippen LogP contribution in [0.2, 0.25) is 0 Å². The second kappa shape index (κ2) is 10.7. The van der Waals surface area contributed by atoms with Crippen molar-refractivity contribution in [3.8, 4) is 5.75 Å². The van der Waals surface area contributed by atoms with Crippen LogP contribution in [0.3, 0.4) is 0 Å². The van der Waals surface area contributed by atoms with E-state index >= 15 is 0 Å². The molecule has 2 N–H and O–H groups in total. The second-order valence-corrected chi connectivity index (χ2v) is 8.06. The summed E-state index contributed by atoms with van der Waals surface area (Å²) in [6.45, 7) is 1.90. The molecule has 31 heavy (non-hydrogen) atoms. The lowest BCUT2D eigenvalue weighted by Gasteiger charge is -2.14. The van der Waals surface area contributed by atoms with E-state index in [0.29, 0.717) is 31.0 Å². The van der Waals surface area contributed by atoms with E-state index in [4.69, 9.17) is 4.74 Å². The molecule has 1 aliphatic carbocycles. The lowest BCUT2D eigenvalue weighted by Crippen LogP contribution is -2.31. The Morgan fingerprint density at radius 2 is 1.94 bits per heavy atom. The summed E-state index contributed by atoms with van der Waals surface area (Å²) in [6.07, 6.45) is -1.31. The van der Waals surface area contributed by atoms with E-state index in [2.05, 4.69) is 10.6 Å². The van der Waals surface area contributed by atoms with Crippen LogP contribution in [0.1, 0.15) is 36.0 Å². The third kappa shape index (κ3) is 6.72. The molecule has 0 saturated heterocycles. The van der Waals surface area contributed by atoms with Crippen LogP contribution in [0.4, 0.5) is 13.2 Å². The van der Waals surface area contributed by atoms with Crippen molar-refractivity contribution in [2.24, 2.45) is 11.8 Å². The smallest absolute Gasteiger partial charge is 0.416 e. The Morgan fingerprint density at radius 1 is 1.13 bits per heavy atom. The number of hydrogen-bond donors (Lipinski definition) is 2. The molecule has 2 aromatic carbocycles. The van der Waals surface area contributed by atoms with Crippen molar-refractivity contribution < 1.29 is 22.7 Å². The molecule has 1 fully saturated rings. The molecule has 1 unspecified atom stereocenters. The summed E-state index contributed by atoms with van der Waals surface area (Å²) in [7, 11) is 1.66. The zero-order valence-electron chi connectivity index (χ0n) is 17.7. The van der Waals surface area contributed by atoms with Crippen LogP contribution in [0.5, 0.6) is 5.75 Å². The maximum atomic E-state index is 12.8. The largest absolute Gasteiger partial charge is 0.496 e. The van der Waals surface area contributed by atoms with E-state index in [1.54, 1.807) is 13.2 Å². The van der Waals surface area contributed by atoms with Gasteiger partial charge < -0.3 is 15.4 Å². The molecule has 2 atom stereocenters. The zero-order valence-corrected chi connectivity index (χ0v) is 17.7. The van der Waals surface area contributed by atoms with E-state index in [1.807, 2.05) is 24.3 Å². The summed E-state index contributed by atoms with van der Waals surface area (Å²) >= 11 is 0. The number of rotatable bonds is 9. The van der Waals surface area contributed by atoms with Gasteiger partial charge in [-0.05, 0) is 55.8 Å². The second-order valence-electron chi connectivity index (χ2n) is 8.06. The summed E-state index contributed by atoms with van der Waals surface area (Å²) in [5, 5.41) is 6.35. The van der Waals surface area contributed by atoms with Gasteiger partial charge in [0.25, 0.3) is 0 Å². The van der Waals surface area contributed by atoms with E-state index < -0.39 is 11.7 Å².